The standard InChI is InChI=1S/C22H39N3/c1-8-9-13-16-20(2,3)21(4,5)17-22(6,7)25-19(23)24-18-14-11-10-12-15-18/h10-12,14-15H,8-9,13,16-17H2,1-7H3,(H3,23,24,25). The van der Waals surface area contributed by atoms with Gasteiger partial charge in [0, 0.05) is 5.69 Å². The van der Waals surface area contributed by atoms with Gasteiger partial charge in [0.25, 0.3) is 0 Å². The van der Waals surface area contributed by atoms with E-state index < -0.39 is 0 Å². The monoisotopic (exact) mass is 345 g/mol. The maximum atomic E-state index is 6.16. The smallest absolute Gasteiger partial charge is 0.193 e. The lowest BCUT2D eigenvalue weighted by molar-refractivity contribution is 0.0645. The van der Waals surface area contributed by atoms with E-state index in [-0.39, 0.29) is 16.4 Å². The Kier molecular flexibility index (Phi) is 7.52. The number of hydrogen-bond donors (Lipinski definition) is 2. The fourth-order valence-corrected chi connectivity index (χ4v) is 3.54. The minimum Gasteiger partial charge on any atom is -0.370 e. The van der Waals surface area contributed by atoms with E-state index >= 15 is 0 Å². The summed E-state index contributed by atoms with van der Waals surface area (Å²) in [6, 6.07) is 9.96. The van der Waals surface area contributed by atoms with Gasteiger partial charge in [-0.05, 0) is 49.7 Å². The maximum Gasteiger partial charge on any atom is 0.193 e. The van der Waals surface area contributed by atoms with Gasteiger partial charge in [0.15, 0.2) is 5.96 Å². The number of aliphatic imine (C=N–C) groups is 1. The minimum atomic E-state index is -0.211. The van der Waals surface area contributed by atoms with E-state index in [0.717, 1.165) is 12.1 Å². The first kappa shape index (κ1) is 21.5. The highest BCUT2D eigenvalue weighted by Gasteiger charge is 2.40. The van der Waals surface area contributed by atoms with Crippen molar-refractivity contribution in [2.24, 2.45) is 21.6 Å². The van der Waals surface area contributed by atoms with E-state index in [9.17, 15) is 0 Å². The molecule has 0 radical (unpaired) electrons. The number of nitrogens with two attached hydrogens (primary N) is 1. The molecule has 1 rings (SSSR count). The second-order valence-electron chi connectivity index (χ2n) is 9.20. The van der Waals surface area contributed by atoms with Crippen molar-refractivity contribution in [1.29, 1.82) is 0 Å². The zero-order valence-electron chi connectivity index (χ0n) is 17.4. The molecule has 0 amide bonds. The van der Waals surface area contributed by atoms with Crippen LogP contribution in [0.15, 0.2) is 35.3 Å². The highest BCUT2D eigenvalue weighted by molar-refractivity contribution is 5.92. The fraction of sp³-hybridized carbons (Fsp3) is 0.682. The normalized spacial score (nSPS) is 13.8. The van der Waals surface area contributed by atoms with Crippen LogP contribution in [-0.2, 0) is 0 Å². The molecule has 1 aromatic carbocycles. The van der Waals surface area contributed by atoms with Crippen molar-refractivity contribution >= 4 is 11.6 Å². The molecule has 3 nitrogen and oxygen atoms in total. The molecule has 0 bridgehead atoms. The Balaban J connectivity index is 2.78. The first-order valence-corrected chi connectivity index (χ1v) is 9.66. The van der Waals surface area contributed by atoms with Crippen LogP contribution in [0.3, 0.4) is 0 Å². The van der Waals surface area contributed by atoms with Crippen molar-refractivity contribution in [2.45, 2.75) is 86.1 Å². The van der Waals surface area contributed by atoms with Crippen LogP contribution in [0, 0.1) is 10.8 Å². The third kappa shape index (κ3) is 7.09. The first-order chi connectivity index (χ1) is 11.5. The summed E-state index contributed by atoms with van der Waals surface area (Å²) in [5, 5.41) is 3.19. The van der Waals surface area contributed by atoms with Gasteiger partial charge >= 0.3 is 0 Å². The molecule has 0 spiro atoms. The number of anilines is 1. The van der Waals surface area contributed by atoms with E-state index in [1.165, 1.54) is 25.7 Å². The number of benzene rings is 1. The van der Waals surface area contributed by atoms with Gasteiger partial charge in [-0.15, -0.1) is 0 Å². The van der Waals surface area contributed by atoms with Crippen molar-refractivity contribution in [2.75, 3.05) is 5.32 Å². The number of guanidine groups is 1. The Labute approximate surface area is 155 Å². The summed E-state index contributed by atoms with van der Waals surface area (Å²) < 4.78 is 0. The quantitative estimate of drug-likeness (QED) is 0.317. The largest absolute Gasteiger partial charge is 0.370 e. The molecular weight excluding hydrogens is 306 g/mol. The number of unbranched alkanes of at least 4 members (excludes halogenated alkanes) is 2. The van der Waals surface area contributed by atoms with Gasteiger partial charge < -0.3 is 11.1 Å². The number of nitrogens with one attached hydrogen (secondary N) is 1. The van der Waals surface area contributed by atoms with E-state index in [2.05, 4.69) is 53.8 Å². The highest BCUT2D eigenvalue weighted by atomic mass is 15.1. The van der Waals surface area contributed by atoms with Crippen molar-refractivity contribution in [3.05, 3.63) is 30.3 Å². The van der Waals surface area contributed by atoms with Crippen molar-refractivity contribution in [1.82, 2.24) is 0 Å². The van der Waals surface area contributed by atoms with Crippen LogP contribution in [0.1, 0.15) is 80.6 Å². The summed E-state index contributed by atoms with van der Waals surface area (Å²) in [7, 11) is 0. The molecule has 0 aliphatic heterocycles. The van der Waals surface area contributed by atoms with E-state index in [4.69, 9.17) is 10.7 Å². The number of rotatable bonds is 9. The summed E-state index contributed by atoms with van der Waals surface area (Å²) in [6.45, 7) is 16.2. The molecule has 0 saturated heterocycles. The van der Waals surface area contributed by atoms with Gasteiger partial charge in [-0.3, -0.25) is 0 Å². The lowest BCUT2D eigenvalue weighted by Crippen LogP contribution is -2.40. The zero-order valence-corrected chi connectivity index (χ0v) is 17.4. The molecular formula is C22H39N3. The molecule has 0 aliphatic carbocycles. The fourth-order valence-electron chi connectivity index (χ4n) is 3.54. The lowest BCUT2D eigenvalue weighted by Gasteiger charge is -2.45. The third-order valence-corrected chi connectivity index (χ3v) is 5.58. The average Bonchev–Trinajstić information content (AvgIpc) is 2.46. The minimum absolute atomic E-state index is 0.181. The lowest BCUT2D eigenvalue weighted by atomic mass is 9.61. The van der Waals surface area contributed by atoms with Crippen LogP contribution in [0.25, 0.3) is 0 Å². The Hall–Kier alpha value is -1.51. The molecule has 3 N–H and O–H groups in total. The summed E-state index contributed by atoms with van der Waals surface area (Å²) in [6.07, 6.45) is 6.14. The SMILES string of the molecule is CCCCCC(C)(C)C(C)(C)CC(C)(C)N=C(N)Nc1ccccc1. The predicted octanol–water partition coefficient (Wildman–Crippen LogP) is 6.21. The number of para-hydroxylation sites is 1. The zero-order chi connectivity index (χ0) is 19.1. The van der Waals surface area contributed by atoms with Gasteiger partial charge in [-0.25, -0.2) is 4.99 Å². The maximum absolute atomic E-state index is 6.16. The molecule has 0 heterocycles. The predicted molar refractivity (Wildman–Crippen MR) is 112 cm³/mol. The number of nitrogens with zero attached hydrogens (tertiary/aromatic N) is 1. The molecule has 0 unspecified atom stereocenters. The van der Waals surface area contributed by atoms with Crippen LogP contribution in [0.5, 0.6) is 0 Å². The Morgan fingerprint density at radius 2 is 1.56 bits per heavy atom. The van der Waals surface area contributed by atoms with E-state index in [1.807, 2.05) is 30.3 Å². The molecule has 3 heteroatoms. The van der Waals surface area contributed by atoms with E-state index in [1.54, 1.807) is 0 Å². The molecule has 0 fully saturated rings. The van der Waals surface area contributed by atoms with Gasteiger partial charge in [-0.2, -0.15) is 0 Å². The molecule has 0 atom stereocenters. The van der Waals surface area contributed by atoms with Crippen LogP contribution >= 0.6 is 0 Å². The summed E-state index contributed by atoms with van der Waals surface area (Å²) in [5.74, 6) is 0.482. The van der Waals surface area contributed by atoms with Crippen LogP contribution in [0.4, 0.5) is 5.69 Å². The molecule has 25 heavy (non-hydrogen) atoms. The highest BCUT2D eigenvalue weighted by Crippen LogP contribution is 2.48. The second-order valence-corrected chi connectivity index (χ2v) is 9.20. The van der Waals surface area contributed by atoms with Gasteiger partial charge in [-0.1, -0.05) is 72.1 Å². The first-order valence-electron chi connectivity index (χ1n) is 9.66. The molecule has 142 valence electrons. The topological polar surface area (TPSA) is 50.4 Å². The van der Waals surface area contributed by atoms with Crippen LogP contribution in [0.2, 0.25) is 0 Å². The Morgan fingerprint density at radius 1 is 0.960 bits per heavy atom. The summed E-state index contributed by atoms with van der Waals surface area (Å²) in [4.78, 5) is 4.78. The van der Waals surface area contributed by atoms with Crippen molar-refractivity contribution in [3.8, 4) is 0 Å². The van der Waals surface area contributed by atoms with Crippen molar-refractivity contribution in [3.63, 3.8) is 0 Å². The average molecular weight is 346 g/mol. The van der Waals surface area contributed by atoms with Gasteiger partial charge in [0.2, 0.25) is 0 Å². The Morgan fingerprint density at radius 3 is 2.12 bits per heavy atom. The summed E-state index contributed by atoms with van der Waals surface area (Å²) >= 11 is 0. The third-order valence-electron chi connectivity index (χ3n) is 5.58. The molecule has 0 aromatic heterocycles. The molecule has 1 aromatic rings. The van der Waals surface area contributed by atoms with Crippen LogP contribution in [-0.4, -0.2) is 11.5 Å². The van der Waals surface area contributed by atoms with Gasteiger partial charge in [0.1, 0.15) is 0 Å². The van der Waals surface area contributed by atoms with Crippen molar-refractivity contribution < 1.29 is 0 Å². The molecule has 0 saturated carbocycles. The van der Waals surface area contributed by atoms with Gasteiger partial charge in [0.05, 0.1) is 5.54 Å². The number of hydrogen-bond acceptors (Lipinski definition) is 1. The second kappa shape index (κ2) is 8.73. The van der Waals surface area contributed by atoms with E-state index in [0.29, 0.717) is 5.96 Å². The molecule has 0 aliphatic rings. The van der Waals surface area contributed by atoms with Crippen LogP contribution < -0.4 is 11.1 Å². The Bertz CT molecular complexity index is 542. The summed E-state index contributed by atoms with van der Waals surface area (Å²) in [5.41, 5.74) is 7.37.